The fourth-order valence-corrected chi connectivity index (χ4v) is 4.48. The smallest absolute Gasteiger partial charge is 0.246 e. The van der Waals surface area contributed by atoms with Crippen LogP contribution >= 0.6 is 12.4 Å². The number of rotatable bonds is 4. The van der Waals surface area contributed by atoms with Gasteiger partial charge < -0.3 is 10.5 Å². The maximum atomic E-state index is 12.8. The summed E-state index contributed by atoms with van der Waals surface area (Å²) in [6, 6.07) is 5.34. The Labute approximate surface area is 139 Å². The first kappa shape index (κ1) is 19.2. The van der Waals surface area contributed by atoms with E-state index in [2.05, 4.69) is 0 Å². The molecule has 1 unspecified atom stereocenters. The second-order valence-corrected chi connectivity index (χ2v) is 7.66. The standard InChI is InChI=1S/C15H24N2O3S.ClH/c1-11-4-5-14(20-3)15(10-11)21(18,19)17-8-6-13(7-9-17)12(2)16;/h4-5,10,12-13H,6-9,16H2,1-3H3;1H. The van der Waals surface area contributed by atoms with Crippen LogP contribution in [0, 0.1) is 12.8 Å². The van der Waals surface area contributed by atoms with Gasteiger partial charge in [-0.25, -0.2) is 8.42 Å². The van der Waals surface area contributed by atoms with Gasteiger partial charge in [-0.1, -0.05) is 6.07 Å². The zero-order valence-corrected chi connectivity index (χ0v) is 14.9. The van der Waals surface area contributed by atoms with Gasteiger partial charge in [-0.15, -0.1) is 12.4 Å². The molecule has 5 nitrogen and oxygen atoms in total. The molecule has 0 aromatic heterocycles. The Bertz CT molecular complexity index is 597. The van der Waals surface area contributed by atoms with Gasteiger partial charge >= 0.3 is 0 Å². The number of ether oxygens (including phenoxy) is 1. The third-order valence-electron chi connectivity index (χ3n) is 4.18. The van der Waals surface area contributed by atoms with Crippen LogP contribution in [0.25, 0.3) is 0 Å². The van der Waals surface area contributed by atoms with Crippen LogP contribution < -0.4 is 10.5 Å². The number of piperidine rings is 1. The van der Waals surface area contributed by atoms with Crippen LogP contribution in [0.3, 0.4) is 0 Å². The number of aryl methyl sites for hydroxylation is 1. The zero-order chi connectivity index (χ0) is 15.6. The van der Waals surface area contributed by atoms with E-state index in [1.807, 2.05) is 19.9 Å². The summed E-state index contributed by atoms with van der Waals surface area (Å²) >= 11 is 0. The molecule has 0 amide bonds. The van der Waals surface area contributed by atoms with Gasteiger partial charge in [-0.05, 0) is 50.3 Å². The van der Waals surface area contributed by atoms with Crippen molar-refractivity contribution in [3.05, 3.63) is 23.8 Å². The topological polar surface area (TPSA) is 72.6 Å². The van der Waals surface area contributed by atoms with Crippen molar-refractivity contribution in [3.63, 3.8) is 0 Å². The highest BCUT2D eigenvalue weighted by atomic mass is 35.5. The minimum absolute atomic E-state index is 0. The van der Waals surface area contributed by atoms with Crippen LogP contribution in [0.5, 0.6) is 5.75 Å². The van der Waals surface area contributed by atoms with Gasteiger partial charge in [0.15, 0.2) is 0 Å². The first-order chi connectivity index (χ1) is 9.86. The predicted molar refractivity (Wildman–Crippen MR) is 90.1 cm³/mol. The van der Waals surface area contributed by atoms with E-state index in [1.165, 1.54) is 7.11 Å². The number of methoxy groups -OCH3 is 1. The first-order valence-electron chi connectivity index (χ1n) is 7.26. The number of benzene rings is 1. The number of sulfonamides is 1. The summed E-state index contributed by atoms with van der Waals surface area (Å²) in [6.07, 6.45) is 1.62. The van der Waals surface area contributed by atoms with Crippen molar-refractivity contribution in [1.29, 1.82) is 0 Å². The highest BCUT2D eigenvalue weighted by Crippen LogP contribution is 2.30. The molecular weight excluding hydrogens is 324 g/mol. The van der Waals surface area contributed by atoms with E-state index >= 15 is 0 Å². The van der Waals surface area contributed by atoms with Crippen molar-refractivity contribution in [2.24, 2.45) is 11.7 Å². The van der Waals surface area contributed by atoms with E-state index in [-0.39, 0.29) is 23.3 Å². The van der Waals surface area contributed by atoms with Crippen LogP contribution in [0.2, 0.25) is 0 Å². The first-order valence-corrected chi connectivity index (χ1v) is 8.70. The fraction of sp³-hybridized carbons (Fsp3) is 0.600. The maximum absolute atomic E-state index is 12.8. The number of nitrogens with two attached hydrogens (primary N) is 1. The summed E-state index contributed by atoms with van der Waals surface area (Å²) < 4.78 is 32.4. The molecule has 126 valence electrons. The Balaban J connectivity index is 0.00000242. The van der Waals surface area contributed by atoms with Gasteiger partial charge in [0.2, 0.25) is 10.0 Å². The zero-order valence-electron chi connectivity index (χ0n) is 13.3. The van der Waals surface area contributed by atoms with Gasteiger partial charge in [-0.2, -0.15) is 4.31 Å². The van der Waals surface area contributed by atoms with E-state index in [0.29, 0.717) is 24.8 Å². The van der Waals surface area contributed by atoms with Crippen LogP contribution in [-0.2, 0) is 10.0 Å². The molecule has 1 heterocycles. The predicted octanol–water partition coefficient (Wildman–Crippen LogP) is 2.17. The van der Waals surface area contributed by atoms with Crippen LogP contribution in [-0.4, -0.2) is 39.0 Å². The van der Waals surface area contributed by atoms with Crippen molar-refractivity contribution >= 4 is 22.4 Å². The van der Waals surface area contributed by atoms with E-state index < -0.39 is 10.0 Å². The Morgan fingerprint density at radius 2 is 1.91 bits per heavy atom. The molecule has 7 heteroatoms. The van der Waals surface area contributed by atoms with E-state index in [4.69, 9.17) is 10.5 Å². The molecule has 1 aliphatic rings. The minimum Gasteiger partial charge on any atom is -0.495 e. The lowest BCUT2D eigenvalue weighted by atomic mass is 9.92. The quantitative estimate of drug-likeness (QED) is 0.905. The molecule has 1 atom stereocenters. The molecule has 1 fully saturated rings. The summed E-state index contributed by atoms with van der Waals surface area (Å²) in [5.74, 6) is 0.797. The van der Waals surface area contributed by atoms with Gasteiger partial charge in [0, 0.05) is 19.1 Å². The number of hydrogen-bond donors (Lipinski definition) is 1. The average Bonchev–Trinajstić information content (AvgIpc) is 2.47. The molecule has 0 spiro atoms. The molecule has 22 heavy (non-hydrogen) atoms. The third-order valence-corrected chi connectivity index (χ3v) is 6.10. The second kappa shape index (κ2) is 7.64. The summed E-state index contributed by atoms with van der Waals surface area (Å²) in [5.41, 5.74) is 6.81. The molecular formula is C15H25ClN2O3S. The van der Waals surface area contributed by atoms with E-state index in [9.17, 15) is 8.42 Å². The molecule has 0 saturated carbocycles. The molecule has 2 N–H and O–H groups in total. The normalized spacial score (nSPS) is 18.5. The maximum Gasteiger partial charge on any atom is 0.246 e. The van der Waals surface area contributed by atoms with Gasteiger partial charge in [-0.3, -0.25) is 0 Å². The average molecular weight is 349 g/mol. The van der Waals surface area contributed by atoms with Crippen molar-refractivity contribution in [1.82, 2.24) is 4.31 Å². The highest BCUT2D eigenvalue weighted by molar-refractivity contribution is 7.89. The SMILES string of the molecule is COc1ccc(C)cc1S(=O)(=O)N1CCC(C(C)N)CC1.Cl. The Morgan fingerprint density at radius 1 is 1.32 bits per heavy atom. The Morgan fingerprint density at radius 3 is 2.41 bits per heavy atom. The van der Waals surface area contributed by atoms with Crippen molar-refractivity contribution in [3.8, 4) is 5.75 Å². The second-order valence-electron chi connectivity index (χ2n) is 5.75. The van der Waals surface area contributed by atoms with E-state index in [0.717, 1.165) is 18.4 Å². The van der Waals surface area contributed by atoms with Gasteiger partial charge in [0.05, 0.1) is 7.11 Å². The van der Waals surface area contributed by atoms with Crippen LogP contribution in [0.4, 0.5) is 0 Å². The molecule has 0 radical (unpaired) electrons. The number of nitrogens with zero attached hydrogens (tertiary/aromatic N) is 1. The lowest BCUT2D eigenvalue weighted by Gasteiger charge is -2.33. The van der Waals surface area contributed by atoms with Crippen LogP contribution in [0.1, 0.15) is 25.3 Å². The molecule has 1 aliphatic heterocycles. The van der Waals surface area contributed by atoms with E-state index in [1.54, 1.807) is 16.4 Å². The molecule has 1 aromatic rings. The largest absolute Gasteiger partial charge is 0.495 e. The summed E-state index contributed by atoms with van der Waals surface area (Å²) in [7, 11) is -2.02. The van der Waals surface area contributed by atoms with Crippen molar-refractivity contribution in [2.45, 2.75) is 37.6 Å². The lowest BCUT2D eigenvalue weighted by Crippen LogP contribution is -2.42. The summed E-state index contributed by atoms with van der Waals surface area (Å²) in [6.45, 7) is 4.90. The van der Waals surface area contributed by atoms with Crippen molar-refractivity contribution < 1.29 is 13.2 Å². The van der Waals surface area contributed by atoms with Crippen LogP contribution in [0.15, 0.2) is 23.1 Å². The lowest BCUT2D eigenvalue weighted by molar-refractivity contribution is 0.250. The molecule has 1 aromatic carbocycles. The highest BCUT2D eigenvalue weighted by Gasteiger charge is 2.32. The minimum atomic E-state index is -3.51. The molecule has 2 rings (SSSR count). The number of hydrogen-bond acceptors (Lipinski definition) is 4. The Kier molecular flexibility index (Phi) is 6.67. The summed E-state index contributed by atoms with van der Waals surface area (Å²) in [4.78, 5) is 0.254. The van der Waals surface area contributed by atoms with Gasteiger partial charge in [0.25, 0.3) is 0 Å². The van der Waals surface area contributed by atoms with Crippen molar-refractivity contribution in [2.75, 3.05) is 20.2 Å². The Hall–Kier alpha value is -0.820. The monoisotopic (exact) mass is 348 g/mol. The molecule has 0 bridgehead atoms. The third kappa shape index (κ3) is 3.93. The fourth-order valence-electron chi connectivity index (χ4n) is 2.77. The summed E-state index contributed by atoms with van der Waals surface area (Å²) in [5, 5.41) is 0. The van der Waals surface area contributed by atoms with Gasteiger partial charge in [0.1, 0.15) is 10.6 Å². The molecule has 0 aliphatic carbocycles. The molecule has 1 saturated heterocycles. The number of halogens is 1.